The number of nitrogens with two attached hydrogens (primary N) is 1. The summed E-state index contributed by atoms with van der Waals surface area (Å²) in [6.45, 7) is 0.484. The molecule has 0 bridgehead atoms. The fraction of sp³-hybridized carbons (Fsp3) is 0.231. The normalized spacial score (nSPS) is 12.2. The molecule has 4 nitrogen and oxygen atoms in total. The van der Waals surface area contributed by atoms with E-state index in [4.69, 9.17) is 10.5 Å². The van der Waals surface area contributed by atoms with Crippen LogP contribution in [0.5, 0.6) is 5.75 Å². The Morgan fingerprint density at radius 3 is 2.78 bits per heavy atom. The lowest BCUT2D eigenvalue weighted by Gasteiger charge is -2.15. The van der Waals surface area contributed by atoms with Crippen LogP contribution < -0.4 is 10.5 Å². The van der Waals surface area contributed by atoms with Gasteiger partial charge in [0.2, 0.25) is 0 Å². The van der Waals surface area contributed by atoms with Crippen molar-refractivity contribution in [2.45, 2.75) is 5.92 Å². The van der Waals surface area contributed by atoms with E-state index in [0.29, 0.717) is 6.54 Å². The van der Waals surface area contributed by atoms with Crippen LogP contribution in [0.25, 0.3) is 0 Å². The highest BCUT2D eigenvalue weighted by Crippen LogP contribution is 2.30. The first-order valence-electron chi connectivity index (χ1n) is 5.55. The standard InChI is InChI=1S/C13H14BrN3O/c1-18-13-3-2-9(6-11(13)14)10(7-15)12-8-16-4-5-17-12/h2-6,8,10H,7,15H2,1H3. The minimum absolute atomic E-state index is 0.0425. The van der Waals surface area contributed by atoms with E-state index in [2.05, 4.69) is 25.9 Å². The Bertz CT molecular complexity index is 519. The van der Waals surface area contributed by atoms with Gasteiger partial charge in [-0.05, 0) is 33.6 Å². The topological polar surface area (TPSA) is 61.0 Å². The quantitative estimate of drug-likeness (QED) is 0.942. The number of halogens is 1. The lowest BCUT2D eigenvalue weighted by molar-refractivity contribution is 0.412. The molecule has 1 unspecified atom stereocenters. The van der Waals surface area contributed by atoms with Crippen LogP contribution in [-0.4, -0.2) is 23.6 Å². The number of hydrogen-bond acceptors (Lipinski definition) is 4. The van der Waals surface area contributed by atoms with E-state index in [9.17, 15) is 0 Å². The molecular formula is C13H14BrN3O. The summed E-state index contributed by atoms with van der Waals surface area (Å²) in [6, 6.07) is 5.92. The predicted octanol–water partition coefficient (Wildman–Crippen LogP) is 2.34. The number of benzene rings is 1. The number of methoxy groups -OCH3 is 1. The summed E-state index contributed by atoms with van der Waals surface area (Å²) >= 11 is 3.48. The van der Waals surface area contributed by atoms with Gasteiger partial charge in [-0.1, -0.05) is 6.07 Å². The molecule has 0 aliphatic rings. The molecule has 0 saturated heterocycles. The Morgan fingerprint density at radius 2 is 2.22 bits per heavy atom. The number of aromatic nitrogens is 2. The van der Waals surface area contributed by atoms with Crippen LogP contribution in [0.2, 0.25) is 0 Å². The fourth-order valence-electron chi connectivity index (χ4n) is 1.82. The summed E-state index contributed by atoms with van der Waals surface area (Å²) in [4.78, 5) is 8.39. The first-order valence-corrected chi connectivity index (χ1v) is 6.35. The third-order valence-electron chi connectivity index (χ3n) is 2.75. The molecule has 18 heavy (non-hydrogen) atoms. The van der Waals surface area contributed by atoms with E-state index >= 15 is 0 Å². The van der Waals surface area contributed by atoms with E-state index < -0.39 is 0 Å². The maximum atomic E-state index is 5.84. The lowest BCUT2D eigenvalue weighted by atomic mass is 9.96. The van der Waals surface area contributed by atoms with Gasteiger partial charge >= 0.3 is 0 Å². The molecule has 5 heteroatoms. The van der Waals surface area contributed by atoms with Gasteiger partial charge in [-0.15, -0.1) is 0 Å². The van der Waals surface area contributed by atoms with E-state index in [1.807, 2.05) is 18.2 Å². The zero-order chi connectivity index (χ0) is 13.0. The van der Waals surface area contributed by atoms with E-state index in [0.717, 1.165) is 21.5 Å². The van der Waals surface area contributed by atoms with Crippen molar-refractivity contribution < 1.29 is 4.74 Å². The SMILES string of the molecule is COc1ccc(C(CN)c2cnccn2)cc1Br. The van der Waals surface area contributed by atoms with Gasteiger partial charge in [0.15, 0.2) is 0 Å². The van der Waals surface area contributed by atoms with Gasteiger partial charge < -0.3 is 10.5 Å². The fourth-order valence-corrected chi connectivity index (χ4v) is 2.38. The summed E-state index contributed by atoms with van der Waals surface area (Å²) < 4.78 is 6.12. The smallest absolute Gasteiger partial charge is 0.133 e. The molecule has 2 N–H and O–H groups in total. The van der Waals surface area contributed by atoms with Crippen LogP contribution in [0.4, 0.5) is 0 Å². The van der Waals surface area contributed by atoms with E-state index in [1.54, 1.807) is 25.7 Å². The van der Waals surface area contributed by atoms with Crippen LogP contribution >= 0.6 is 15.9 Å². The molecule has 94 valence electrons. The van der Waals surface area contributed by atoms with Crippen LogP contribution in [0, 0.1) is 0 Å². The molecule has 0 amide bonds. The summed E-state index contributed by atoms with van der Waals surface area (Å²) in [5, 5.41) is 0. The van der Waals surface area contributed by atoms with Crippen LogP contribution in [0.3, 0.4) is 0 Å². The zero-order valence-electron chi connectivity index (χ0n) is 10.0. The maximum absolute atomic E-state index is 5.84. The summed E-state index contributed by atoms with van der Waals surface area (Å²) in [5.41, 5.74) is 7.80. The Morgan fingerprint density at radius 1 is 1.39 bits per heavy atom. The lowest BCUT2D eigenvalue weighted by Crippen LogP contribution is -2.15. The van der Waals surface area contributed by atoms with Crippen molar-refractivity contribution in [2.24, 2.45) is 5.73 Å². The molecule has 1 aromatic heterocycles. The van der Waals surface area contributed by atoms with Gasteiger partial charge in [0.25, 0.3) is 0 Å². The molecule has 0 spiro atoms. The molecule has 0 aliphatic heterocycles. The second-order valence-electron chi connectivity index (χ2n) is 3.81. The minimum atomic E-state index is 0.0425. The predicted molar refractivity (Wildman–Crippen MR) is 73.6 cm³/mol. The van der Waals surface area contributed by atoms with Crippen molar-refractivity contribution >= 4 is 15.9 Å². The van der Waals surface area contributed by atoms with Gasteiger partial charge in [0, 0.05) is 31.1 Å². The van der Waals surface area contributed by atoms with Crippen molar-refractivity contribution in [1.29, 1.82) is 0 Å². The molecular weight excluding hydrogens is 294 g/mol. The van der Waals surface area contributed by atoms with Crippen molar-refractivity contribution in [1.82, 2.24) is 9.97 Å². The second-order valence-corrected chi connectivity index (χ2v) is 4.67. The molecule has 2 aromatic rings. The van der Waals surface area contributed by atoms with Gasteiger partial charge in [0.05, 0.1) is 17.3 Å². The average molecular weight is 308 g/mol. The first kappa shape index (κ1) is 13.0. The number of rotatable bonds is 4. The van der Waals surface area contributed by atoms with E-state index in [-0.39, 0.29) is 5.92 Å². The molecule has 1 aromatic carbocycles. The van der Waals surface area contributed by atoms with Gasteiger partial charge in [0.1, 0.15) is 5.75 Å². The largest absolute Gasteiger partial charge is 0.496 e. The Balaban J connectivity index is 2.37. The van der Waals surface area contributed by atoms with Crippen molar-refractivity contribution in [3.63, 3.8) is 0 Å². The molecule has 0 saturated carbocycles. The van der Waals surface area contributed by atoms with Crippen LogP contribution in [-0.2, 0) is 0 Å². The van der Waals surface area contributed by atoms with Gasteiger partial charge in [-0.2, -0.15) is 0 Å². The molecule has 0 aliphatic carbocycles. The Kier molecular flexibility index (Phi) is 4.28. The average Bonchev–Trinajstić information content (AvgIpc) is 2.41. The number of ether oxygens (including phenoxy) is 1. The summed E-state index contributed by atoms with van der Waals surface area (Å²) in [6.07, 6.45) is 5.08. The molecule has 0 radical (unpaired) electrons. The number of nitrogens with zero attached hydrogens (tertiary/aromatic N) is 2. The first-order chi connectivity index (χ1) is 8.76. The summed E-state index contributed by atoms with van der Waals surface area (Å²) in [7, 11) is 1.64. The van der Waals surface area contributed by atoms with Crippen molar-refractivity contribution in [2.75, 3.05) is 13.7 Å². The molecule has 1 atom stereocenters. The monoisotopic (exact) mass is 307 g/mol. The molecule has 1 heterocycles. The van der Waals surface area contributed by atoms with Gasteiger partial charge in [-0.25, -0.2) is 0 Å². The molecule has 2 rings (SSSR count). The molecule has 0 fully saturated rings. The van der Waals surface area contributed by atoms with E-state index in [1.165, 1.54) is 0 Å². The summed E-state index contributed by atoms with van der Waals surface area (Å²) in [5.74, 6) is 0.842. The highest BCUT2D eigenvalue weighted by atomic mass is 79.9. The second kappa shape index (κ2) is 5.93. The third kappa shape index (κ3) is 2.68. The number of hydrogen-bond donors (Lipinski definition) is 1. The van der Waals surface area contributed by atoms with Gasteiger partial charge in [-0.3, -0.25) is 9.97 Å². The van der Waals surface area contributed by atoms with Crippen LogP contribution in [0.1, 0.15) is 17.2 Å². The highest BCUT2D eigenvalue weighted by molar-refractivity contribution is 9.10. The minimum Gasteiger partial charge on any atom is -0.496 e. The van der Waals surface area contributed by atoms with Crippen molar-refractivity contribution in [3.05, 3.63) is 52.5 Å². The Hall–Kier alpha value is -1.46. The zero-order valence-corrected chi connectivity index (χ0v) is 11.6. The highest BCUT2D eigenvalue weighted by Gasteiger charge is 2.15. The van der Waals surface area contributed by atoms with Crippen molar-refractivity contribution in [3.8, 4) is 5.75 Å². The van der Waals surface area contributed by atoms with Crippen LogP contribution in [0.15, 0.2) is 41.3 Å². The maximum Gasteiger partial charge on any atom is 0.133 e. The third-order valence-corrected chi connectivity index (χ3v) is 3.37. The Labute approximate surface area is 114 Å².